The van der Waals surface area contributed by atoms with Gasteiger partial charge in [-0.25, -0.2) is 25.8 Å². The van der Waals surface area contributed by atoms with Crippen LogP contribution in [0.1, 0.15) is 91.6 Å². The molecule has 0 aliphatic rings. The molecule has 0 fully saturated rings. The quantitative estimate of drug-likeness (QED) is 0.0328. The Balaban J connectivity index is 0. The van der Waals surface area contributed by atoms with Crippen molar-refractivity contribution in [2.75, 3.05) is 26.3 Å². The molecule has 0 aliphatic heterocycles. The number of aliphatic carboxylic acids is 1. The first kappa shape index (κ1) is 55.4. The number of hydrogen-bond acceptors (Lipinski definition) is 10. The van der Waals surface area contributed by atoms with Crippen LogP contribution in [0.2, 0.25) is 0 Å². The highest BCUT2D eigenvalue weighted by Crippen LogP contribution is 2.22. The number of hydrogen-bond donors (Lipinski definition) is 3. The largest absolute Gasteiger partial charge is 0.478 e. The van der Waals surface area contributed by atoms with E-state index < -0.39 is 58.7 Å². The third-order valence-electron chi connectivity index (χ3n) is 6.65. The smallest absolute Gasteiger partial charge is 0.452 e. The van der Waals surface area contributed by atoms with Crippen molar-refractivity contribution in [1.29, 1.82) is 0 Å². The highest BCUT2D eigenvalue weighted by molar-refractivity contribution is 6.54. The maximum absolute atomic E-state index is 12.5. The summed E-state index contributed by atoms with van der Waals surface area (Å²) in [5.74, 6) is -6.31. The molecule has 14 nitrogen and oxygen atoms in total. The monoisotopic (exact) mass is 874 g/mol. The highest BCUT2D eigenvalue weighted by Gasteiger charge is 2.42. The zero-order valence-corrected chi connectivity index (χ0v) is 34.3. The number of nitrogens with one attached hydrogen (secondary N) is 1. The number of carbonyl (C=O) groups is 7. The Labute approximate surface area is 350 Å². The molecule has 2 aromatic rings. The SMILES string of the molecule is C/C=C/c1ccc(C(=O)O)cc1.CCCCCCC(OC(=O)c1ccc(/C=C/C(=O)O)cc1)C(=O)NCC(=O)OCC.O=C(C(Cl)Cl)C(F)(F)F.[C-]#[N+]CC(=O)OCC. The number of halogens is 5. The lowest BCUT2D eigenvalue weighted by molar-refractivity contribution is -0.169. The molecule has 2 aromatic carbocycles. The van der Waals surface area contributed by atoms with Gasteiger partial charge in [-0.05, 0) is 75.1 Å². The molecule has 0 radical (unpaired) electrons. The van der Waals surface area contributed by atoms with Gasteiger partial charge in [0.15, 0.2) is 10.9 Å². The number of aromatic carboxylic acids is 1. The van der Waals surface area contributed by atoms with E-state index in [4.69, 9.17) is 26.3 Å². The van der Waals surface area contributed by atoms with Crippen molar-refractivity contribution in [3.8, 4) is 0 Å². The molecule has 0 aromatic heterocycles. The summed E-state index contributed by atoms with van der Waals surface area (Å²) in [6, 6.07) is 12.9. The van der Waals surface area contributed by atoms with E-state index in [-0.39, 0.29) is 25.3 Å². The Morgan fingerprint density at radius 2 is 1.34 bits per heavy atom. The highest BCUT2D eigenvalue weighted by atomic mass is 35.5. The van der Waals surface area contributed by atoms with Crippen LogP contribution in [-0.4, -0.2) is 95.2 Å². The summed E-state index contributed by atoms with van der Waals surface area (Å²) in [5, 5.41) is 19.7. The van der Waals surface area contributed by atoms with E-state index in [9.17, 15) is 46.7 Å². The molecule has 2 rings (SSSR count). The van der Waals surface area contributed by atoms with Crippen LogP contribution in [0.4, 0.5) is 13.2 Å². The van der Waals surface area contributed by atoms with Gasteiger partial charge in [0.1, 0.15) is 6.54 Å². The molecule has 1 amide bonds. The number of unbranched alkanes of at least 4 members (excludes halogenated alkanes) is 3. The van der Waals surface area contributed by atoms with E-state index in [0.717, 1.165) is 30.9 Å². The Hall–Kier alpha value is -5.73. The number of ketones is 1. The first-order valence-electron chi connectivity index (χ1n) is 17.8. The molecule has 1 atom stereocenters. The number of carboxylic acids is 2. The van der Waals surface area contributed by atoms with Crippen molar-refractivity contribution < 1.29 is 71.2 Å². The maximum Gasteiger partial charge on any atom is 0.452 e. The Morgan fingerprint density at radius 3 is 1.76 bits per heavy atom. The van der Waals surface area contributed by atoms with Gasteiger partial charge in [0.05, 0.1) is 24.3 Å². The average molecular weight is 876 g/mol. The van der Waals surface area contributed by atoms with Crippen molar-refractivity contribution in [3.05, 3.63) is 94.4 Å². The molecular formula is C40H47Cl2F3N2O12. The van der Waals surface area contributed by atoms with Crippen molar-refractivity contribution in [1.82, 2.24) is 5.32 Å². The summed E-state index contributed by atoms with van der Waals surface area (Å²) in [4.78, 5) is 78.2. The molecule has 59 heavy (non-hydrogen) atoms. The molecule has 0 heterocycles. The third kappa shape index (κ3) is 28.3. The van der Waals surface area contributed by atoms with Crippen LogP contribution in [0.15, 0.2) is 60.7 Å². The number of carboxylic acid groups (broad SMARTS) is 2. The summed E-state index contributed by atoms with van der Waals surface area (Å²) in [6.45, 7) is 13.7. The van der Waals surface area contributed by atoms with Crippen molar-refractivity contribution in [2.24, 2.45) is 0 Å². The van der Waals surface area contributed by atoms with Gasteiger partial charge in [-0.3, -0.25) is 14.4 Å². The second-order valence-electron chi connectivity index (χ2n) is 11.3. The standard InChI is InChI=1S/C22H29NO7.C10H10O2.C5H7NO2.C3HCl2F3O/c1-3-5-6-7-8-18(21(27)23-15-20(26)29-4-2)30-22(28)17-12-9-16(10-13-17)11-14-19(24)25;1-2-3-8-4-6-9(7-5-8)10(11)12;1-3-8-5(7)4-6-2;4-2(5)1(9)3(6,7)8/h9-14,18H,3-8,15H2,1-2H3,(H,23,27)(H,24,25);2-7H,1H3,(H,11,12);3-4H2,1H3;2H/b14-11+;3-2+;;. The Morgan fingerprint density at radius 1 is 0.814 bits per heavy atom. The van der Waals surface area contributed by atoms with Gasteiger partial charge in [-0.15, -0.1) is 0 Å². The van der Waals surface area contributed by atoms with Gasteiger partial charge in [-0.2, -0.15) is 13.2 Å². The summed E-state index contributed by atoms with van der Waals surface area (Å²) >= 11 is 9.22. The number of allylic oxidation sites excluding steroid dienone is 1. The molecule has 0 aliphatic carbocycles. The zero-order chi connectivity index (χ0) is 45.4. The average Bonchev–Trinajstić information content (AvgIpc) is 3.18. The van der Waals surface area contributed by atoms with Gasteiger partial charge in [0, 0.05) is 6.08 Å². The van der Waals surface area contributed by atoms with Crippen LogP contribution >= 0.6 is 23.2 Å². The van der Waals surface area contributed by atoms with Crippen LogP contribution in [0.3, 0.4) is 0 Å². The number of carbonyl (C=O) groups excluding carboxylic acids is 5. The van der Waals surface area contributed by atoms with Crippen molar-refractivity contribution in [2.45, 2.75) is 76.9 Å². The maximum atomic E-state index is 12.5. The number of rotatable bonds is 18. The minimum atomic E-state index is -4.92. The van der Waals surface area contributed by atoms with E-state index in [0.29, 0.717) is 30.6 Å². The van der Waals surface area contributed by atoms with Gasteiger partial charge >= 0.3 is 42.6 Å². The molecule has 324 valence electrons. The van der Waals surface area contributed by atoms with Crippen molar-refractivity contribution >= 4 is 76.9 Å². The van der Waals surface area contributed by atoms with Crippen LogP contribution in [0.25, 0.3) is 17.0 Å². The lowest BCUT2D eigenvalue weighted by atomic mass is 10.1. The zero-order valence-electron chi connectivity index (χ0n) is 32.8. The minimum absolute atomic E-state index is 0.159. The Kier molecular flexibility index (Phi) is 30.3. The van der Waals surface area contributed by atoms with E-state index in [1.807, 2.05) is 19.1 Å². The number of alkyl halides is 5. The number of nitrogens with zero attached hydrogens (tertiary/aromatic N) is 1. The van der Waals surface area contributed by atoms with Gasteiger partial charge in [0.25, 0.3) is 11.7 Å². The fourth-order valence-electron chi connectivity index (χ4n) is 3.90. The number of benzene rings is 2. The summed E-state index contributed by atoms with van der Waals surface area (Å²) < 4.78 is 48.1. The molecular weight excluding hydrogens is 828 g/mol. The molecule has 0 bridgehead atoms. The van der Waals surface area contributed by atoms with E-state index in [2.05, 4.69) is 45.0 Å². The number of Topliss-reactive ketones (excluding diaryl/α,β-unsaturated/α-hetero) is 1. The second kappa shape index (κ2) is 32.3. The lowest BCUT2D eigenvalue weighted by Crippen LogP contribution is -2.40. The van der Waals surface area contributed by atoms with Gasteiger partial charge < -0.3 is 34.6 Å². The first-order chi connectivity index (χ1) is 27.8. The Bertz CT molecular complexity index is 1730. The van der Waals surface area contributed by atoms with Crippen molar-refractivity contribution in [3.63, 3.8) is 0 Å². The molecule has 0 saturated heterocycles. The predicted molar refractivity (Wildman–Crippen MR) is 213 cm³/mol. The normalized spacial score (nSPS) is 10.9. The summed E-state index contributed by atoms with van der Waals surface area (Å²) in [6.07, 6.45) is 4.28. The summed E-state index contributed by atoms with van der Waals surface area (Å²) in [7, 11) is 0. The van der Waals surface area contributed by atoms with Crippen LogP contribution in [0.5, 0.6) is 0 Å². The van der Waals surface area contributed by atoms with Crippen LogP contribution in [-0.2, 0) is 38.2 Å². The van der Waals surface area contributed by atoms with Crippen LogP contribution in [0, 0.1) is 6.57 Å². The number of amides is 1. The molecule has 1 unspecified atom stereocenters. The van der Waals surface area contributed by atoms with E-state index in [1.54, 1.807) is 50.2 Å². The number of esters is 3. The number of ether oxygens (including phenoxy) is 3. The minimum Gasteiger partial charge on any atom is -0.478 e. The van der Waals surface area contributed by atoms with E-state index in [1.165, 1.54) is 18.2 Å². The fraction of sp³-hybridized carbons (Fsp3) is 0.400. The predicted octanol–water partition coefficient (Wildman–Crippen LogP) is 7.77. The van der Waals surface area contributed by atoms with E-state index >= 15 is 0 Å². The fourth-order valence-corrected chi connectivity index (χ4v) is 4.15. The molecule has 0 spiro atoms. The lowest BCUT2D eigenvalue weighted by Gasteiger charge is -2.17. The first-order valence-corrected chi connectivity index (χ1v) is 18.6. The van der Waals surface area contributed by atoms with Crippen LogP contribution < -0.4 is 5.32 Å². The molecule has 0 saturated carbocycles. The molecule has 19 heteroatoms. The topological polar surface area (TPSA) is 204 Å². The van der Waals surface area contributed by atoms with Gasteiger partial charge in [0.2, 0.25) is 0 Å². The molecule has 3 N–H and O–H groups in total. The summed E-state index contributed by atoms with van der Waals surface area (Å²) in [5.41, 5.74) is 2.18. The second-order valence-corrected chi connectivity index (χ2v) is 12.4. The van der Waals surface area contributed by atoms with Gasteiger partial charge in [-0.1, -0.05) is 85.8 Å². The third-order valence-corrected chi connectivity index (χ3v) is 7.04.